The maximum atomic E-state index is 6.24. The first-order valence-corrected chi connectivity index (χ1v) is 8.26. The Morgan fingerprint density at radius 2 is 2.21 bits per heavy atom. The summed E-state index contributed by atoms with van der Waals surface area (Å²) >= 11 is 1.87. The van der Waals surface area contributed by atoms with E-state index < -0.39 is 0 Å². The van der Waals surface area contributed by atoms with Crippen molar-refractivity contribution in [2.75, 3.05) is 18.1 Å². The Kier molecular flexibility index (Phi) is 4.40. The zero-order valence-electron chi connectivity index (χ0n) is 11.1. The summed E-state index contributed by atoms with van der Waals surface area (Å²) in [4.78, 5) is 4.45. The quantitative estimate of drug-likeness (QED) is 0.910. The first-order valence-electron chi connectivity index (χ1n) is 7.10. The van der Waals surface area contributed by atoms with Gasteiger partial charge in [0.1, 0.15) is 6.10 Å². The lowest BCUT2D eigenvalue weighted by molar-refractivity contribution is 0.0677. The van der Waals surface area contributed by atoms with Crippen LogP contribution in [0.5, 0.6) is 0 Å². The van der Waals surface area contributed by atoms with Gasteiger partial charge in [0, 0.05) is 24.0 Å². The summed E-state index contributed by atoms with van der Waals surface area (Å²) in [6.07, 6.45) is 5.77. The molecule has 0 radical (unpaired) electrons. The van der Waals surface area contributed by atoms with Crippen LogP contribution in [-0.4, -0.2) is 34.3 Å². The van der Waals surface area contributed by atoms with E-state index in [1.807, 2.05) is 11.8 Å². The van der Waals surface area contributed by atoms with Crippen LogP contribution in [0.15, 0.2) is 4.52 Å². The van der Waals surface area contributed by atoms with E-state index in [0.29, 0.717) is 24.1 Å². The number of nitrogens with zero attached hydrogens (tertiary/aromatic N) is 2. The fourth-order valence-corrected chi connectivity index (χ4v) is 3.71. The van der Waals surface area contributed by atoms with Gasteiger partial charge in [0.25, 0.3) is 0 Å². The lowest BCUT2D eigenvalue weighted by Crippen LogP contribution is -2.30. The molecule has 2 heterocycles. The fourth-order valence-electron chi connectivity index (χ4n) is 2.87. The van der Waals surface area contributed by atoms with Crippen LogP contribution in [0.4, 0.5) is 0 Å². The van der Waals surface area contributed by atoms with E-state index in [0.717, 1.165) is 18.1 Å². The molecule has 6 heteroatoms. The molecule has 1 saturated heterocycles. The van der Waals surface area contributed by atoms with E-state index in [1.165, 1.54) is 25.7 Å². The molecule has 1 aromatic rings. The Morgan fingerprint density at radius 1 is 1.37 bits per heavy atom. The van der Waals surface area contributed by atoms with Crippen molar-refractivity contribution in [1.82, 2.24) is 10.1 Å². The van der Waals surface area contributed by atoms with Crippen LogP contribution in [0.25, 0.3) is 0 Å². The highest BCUT2D eigenvalue weighted by molar-refractivity contribution is 7.99. The molecule has 1 aromatic heterocycles. The highest BCUT2D eigenvalue weighted by atomic mass is 32.2. The molecule has 2 atom stereocenters. The van der Waals surface area contributed by atoms with E-state index in [4.69, 9.17) is 15.0 Å². The maximum Gasteiger partial charge on any atom is 0.228 e. The number of rotatable bonds is 4. The Bertz CT molecular complexity index is 400. The predicted molar refractivity (Wildman–Crippen MR) is 74.0 cm³/mol. The van der Waals surface area contributed by atoms with Crippen LogP contribution in [0.1, 0.15) is 43.5 Å². The van der Waals surface area contributed by atoms with E-state index in [9.17, 15) is 0 Å². The Balaban J connectivity index is 1.57. The van der Waals surface area contributed by atoms with Crippen molar-refractivity contribution in [1.29, 1.82) is 0 Å². The van der Waals surface area contributed by atoms with Crippen LogP contribution in [0, 0.1) is 5.92 Å². The zero-order chi connectivity index (χ0) is 13.1. The summed E-state index contributed by atoms with van der Waals surface area (Å²) < 4.78 is 11.0. The minimum absolute atomic E-state index is 0.0149. The molecule has 2 fully saturated rings. The number of thioether (sulfide) groups is 1. The lowest BCUT2D eigenvalue weighted by Gasteiger charge is -2.18. The molecule has 5 nitrogen and oxygen atoms in total. The smallest absolute Gasteiger partial charge is 0.228 e. The third-order valence-electron chi connectivity index (χ3n) is 4.00. The fraction of sp³-hybridized carbons (Fsp3) is 0.846. The summed E-state index contributed by atoms with van der Waals surface area (Å²) in [6, 6.07) is 0.150. The van der Waals surface area contributed by atoms with Crippen LogP contribution < -0.4 is 5.73 Å². The second-order valence-electron chi connectivity index (χ2n) is 5.39. The van der Waals surface area contributed by atoms with Crippen LogP contribution in [0.3, 0.4) is 0 Å². The van der Waals surface area contributed by atoms with Gasteiger partial charge in [0.05, 0.1) is 6.61 Å². The highest BCUT2D eigenvalue weighted by Gasteiger charge is 2.26. The molecular weight excluding hydrogens is 262 g/mol. The van der Waals surface area contributed by atoms with E-state index >= 15 is 0 Å². The average molecular weight is 283 g/mol. The van der Waals surface area contributed by atoms with Gasteiger partial charge >= 0.3 is 0 Å². The van der Waals surface area contributed by atoms with Crippen molar-refractivity contribution in [2.24, 2.45) is 11.7 Å². The topological polar surface area (TPSA) is 74.2 Å². The van der Waals surface area contributed by atoms with E-state index in [1.54, 1.807) is 0 Å². The standard InChI is InChI=1S/C13H21N3O2S/c14-10(9-3-1-2-4-9)7-12-15-13(16-18-12)11-8-19-6-5-17-11/h9-11H,1-8,14H2. The summed E-state index contributed by atoms with van der Waals surface area (Å²) in [6.45, 7) is 0.765. The zero-order valence-corrected chi connectivity index (χ0v) is 11.9. The van der Waals surface area contributed by atoms with E-state index in [2.05, 4.69) is 10.1 Å². The monoisotopic (exact) mass is 283 g/mol. The molecule has 106 valence electrons. The number of aromatic nitrogens is 2. The largest absolute Gasteiger partial charge is 0.368 e. The third-order valence-corrected chi connectivity index (χ3v) is 5.00. The first kappa shape index (κ1) is 13.4. The van der Waals surface area contributed by atoms with Crippen molar-refractivity contribution < 1.29 is 9.26 Å². The van der Waals surface area contributed by atoms with Crippen molar-refractivity contribution in [2.45, 2.75) is 44.2 Å². The maximum absolute atomic E-state index is 6.24. The number of hydrogen-bond acceptors (Lipinski definition) is 6. The molecule has 1 aliphatic heterocycles. The molecule has 2 aliphatic rings. The second-order valence-corrected chi connectivity index (χ2v) is 6.54. The van der Waals surface area contributed by atoms with Gasteiger partial charge in [-0.05, 0) is 18.8 Å². The first-order chi connectivity index (χ1) is 9.33. The van der Waals surface area contributed by atoms with Gasteiger partial charge in [-0.25, -0.2) is 0 Å². The summed E-state index contributed by atoms with van der Waals surface area (Å²) in [5.41, 5.74) is 6.24. The SMILES string of the molecule is NC(Cc1nc(C2CSCCO2)no1)C1CCCC1. The molecule has 3 rings (SSSR count). The van der Waals surface area contributed by atoms with Gasteiger partial charge < -0.3 is 15.0 Å². The number of ether oxygens (including phenoxy) is 1. The molecule has 2 unspecified atom stereocenters. The minimum Gasteiger partial charge on any atom is -0.368 e. The molecule has 0 bridgehead atoms. The Hall–Kier alpha value is -0.590. The molecule has 1 saturated carbocycles. The average Bonchev–Trinajstić information content (AvgIpc) is 3.11. The van der Waals surface area contributed by atoms with Gasteiger partial charge in [-0.3, -0.25) is 0 Å². The molecular formula is C13H21N3O2S. The molecule has 0 aromatic carbocycles. The normalized spacial score (nSPS) is 26.7. The van der Waals surface area contributed by atoms with E-state index in [-0.39, 0.29) is 12.1 Å². The molecule has 0 spiro atoms. The third kappa shape index (κ3) is 3.30. The number of hydrogen-bond donors (Lipinski definition) is 1. The van der Waals surface area contributed by atoms with Crippen molar-refractivity contribution in [3.05, 3.63) is 11.7 Å². The van der Waals surface area contributed by atoms with Gasteiger partial charge in [-0.15, -0.1) is 0 Å². The minimum atomic E-state index is -0.0149. The van der Waals surface area contributed by atoms with Gasteiger partial charge in [-0.1, -0.05) is 18.0 Å². The van der Waals surface area contributed by atoms with Crippen molar-refractivity contribution in [3.8, 4) is 0 Å². The summed E-state index contributed by atoms with van der Waals surface area (Å²) in [7, 11) is 0. The lowest BCUT2D eigenvalue weighted by atomic mass is 9.96. The molecule has 19 heavy (non-hydrogen) atoms. The van der Waals surface area contributed by atoms with Crippen LogP contribution in [-0.2, 0) is 11.2 Å². The molecule has 0 amide bonds. The van der Waals surface area contributed by atoms with Crippen LogP contribution >= 0.6 is 11.8 Å². The molecule has 1 aliphatic carbocycles. The number of nitrogens with two attached hydrogens (primary N) is 1. The van der Waals surface area contributed by atoms with Gasteiger partial charge in [0.15, 0.2) is 0 Å². The Morgan fingerprint density at radius 3 is 2.95 bits per heavy atom. The summed E-state index contributed by atoms with van der Waals surface area (Å²) in [5.74, 6) is 3.92. The highest BCUT2D eigenvalue weighted by Crippen LogP contribution is 2.28. The molecule has 2 N–H and O–H groups in total. The van der Waals surface area contributed by atoms with Crippen molar-refractivity contribution >= 4 is 11.8 Å². The summed E-state index contributed by atoms with van der Waals surface area (Å²) in [5, 5.41) is 4.04. The van der Waals surface area contributed by atoms with Crippen molar-refractivity contribution in [3.63, 3.8) is 0 Å². The Labute approximate surface area is 117 Å². The van der Waals surface area contributed by atoms with Gasteiger partial charge in [-0.2, -0.15) is 16.7 Å². The van der Waals surface area contributed by atoms with Crippen LogP contribution in [0.2, 0.25) is 0 Å². The predicted octanol–water partition coefficient (Wildman–Crippen LogP) is 1.93. The van der Waals surface area contributed by atoms with Gasteiger partial charge in [0.2, 0.25) is 11.7 Å². The second kappa shape index (κ2) is 6.24.